The highest BCUT2D eigenvalue weighted by Crippen LogP contribution is 2.28. The maximum Gasteiger partial charge on any atom is 0.175 e. The minimum atomic E-state index is -3.22. The summed E-state index contributed by atoms with van der Waals surface area (Å²) in [4.78, 5) is 0.256. The monoisotopic (exact) mass is 302 g/mol. The summed E-state index contributed by atoms with van der Waals surface area (Å²) >= 11 is 0. The maximum atomic E-state index is 12.9. The molecule has 0 bridgehead atoms. The van der Waals surface area contributed by atoms with Gasteiger partial charge in [0.15, 0.2) is 9.84 Å². The lowest BCUT2D eigenvalue weighted by Gasteiger charge is -2.10. The highest BCUT2D eigenvalue weighted by atomic mass is 32.2. The first kappa shape index (κ1) is 15.2. The highest BCUT2D eigenvalue weighted by molar-refractivity contribution is 7.90. The summed E-state index contributed by atoms with van der Waals surface area (Å²) in [6, 6.07) is 12.4. The van der Waals surface area contributed by atoms with E-state index in [1.807, 2.05) is 0 Å². The Kier molecular flexibility index (Phi) is 4.09. The topological polar surface area (TPSA) is 34.1 Å². The van der Waals surface area contributed by atoms with Crippen LogP contribution in [0.3, 0.4) is 0 Å². The molecule has 0 amide bonds. The van der Waals surface area contributed by atoms with Crippen LogP contribution < -0.4 is 0 Å². The fraction of sp³-hybridized carbons (Fsp3) is 0.0588. The summed E-state index contributed by atoms with van der Waals surface area (Å²) in [6.07, 6.45) is 1.16. The molecule has 0 N–H and O–H groups in total. The second-order valence-electron chi connectivity index (χ2n) is 4.76. The Hall–Kier alpha value is -2.20. The number of hydrogen-bond donors (Lipinski definition) is 0. The molecule has 0 fully saturated rings. The van der Waals surface area contributed by atoms with Crippen molar-refractivity contribution in [1.82, 2.24) is 0 Å². The van der Waals surface area contributed by atoms with Gasteiger partial charge in [0.25, 0.3) is 0 Å². The third-order valence-electron chi connectivity index (χ3n) is 3.19. The lowest BCUT2D eigenvalue weighted by Crippen LogP contribution is -1.97. The van der Waals surface area contributed by atoms with Crippen molar-refractivity contribution in [3.63, 3.8) is 0 Å². The van der Waals surface area contributed by atoms with Gasteiger partial charge in [-0.1, -0.05) is 37.4 Å². The predicted octanol–water partition coefficient (Wildman–Crippen LogP) is 3.96. The standard InChI is InChI=1S/C17H15FO2S/c1-12(14-4-8-16(18)9-5-14)13(2)15-6-10-17(11-7-15)21(3,19)20/h4-11H,1-2H2,3H3. The van der Waals surface area contributed by atoms with Crippen LogP contribution in [0.2, 0.25) is 0 Å². The minimum Gasteiger partial charge on any atom is -0.224 e. The molecule has 0 aromatic heterocycles. The molecule has 4 heteroatoms. The summed E-state index contributed by atoms with van der Waals surface area (Å²) in [7, 11) is -3.22. The number of allylic oxidation sites excluding steroid dienone is 2. The number of sulfone groups is 1. The van der Waals surface area contributed by atoms with Gasteiger partial charge in [0, 0.05) is 6.26 Å². The van der Waals surface area contributed by atoms with Crippen LogP contribution in [0.25, 0.3) is 11.1 Å². The second kappa shape index (κ2) is 5.66. The molecule has 0 heterocycles. The maximum absolute atomic E-state index is 12.9. The van der Waals surface area contributed by atoms with Crippen LogP contribution in [0.1, 0.15) is 11.1 Å². The molecule has 0 saturated carbocycles. The SMILES string of the molecule is C=C(C(=C)c1ccc(S(C)(=O)=O)cc1)c1ccc(F)cc1. The van der Waals surface area contributed by atoms with E-state index in [2.05, 4.69) is 13.2 Å². The first-order valence-electron chi connectivity index (χ1n) is 6.23. The first-order valence-corrected chi connectivity index (χ1v) is 8.13. The quantitative estimate of drug-likeness (QED) is 0.801. The van der Waals surface area contributed by atoms with E-state index < -0.39 is 9.84 Å². The van der Waals surface area contributed by atoms with E-state index in [-0.39, 0.29) is 10.7 Å². The van der Waals surface area contributed by atoms with Crippen LogP contribution in [-0.4, -0.2) is 14.7 Å². The minimum absolute atomic E-state index is 0.256. The molecular weight excluding hydrogens is 287 g/mol. The van der Waals surface area contributed by atoms with Gasteiger partial charge in [0.2, 0.25) is 0 Å². The summed E-state index contributed by atoms with van der Waals surface area (Å²) < 4.78 is 35.8. The fourth-order valence-corrected chi connectivity index (χ4v) is 2.53. The average molecular weight is 302 g/mol. The third kappa shape index (κ3) is 3.47. The van der Waals surface area contributed by atoms with Gasteiger partial charge < -0.3 is 0 Å². The smallest absolute Gasteiger partial charge is 0.175 e. The molecule has 2 rings (SSSR count). The third-order valence-corrected chi connectivity index (χ3v) is 4.32. The molecule has 0 atom stereocenters. The van der Waals surface area contributed by atoms with Gasteiger partial charge >= 0.3 is 0 Å². The van der Waals surface area contributed by atoms with Crippen LogP contribution in [0.5, 0.6) is 0 Å². The van der Waals surface area contributed by atoms with Crippen molar-refractivity contribution in [1.29, 1.82) is 0 Å². The molecule has 0 saturated heterocycles. The van der Waals surface area contributed by atoms with Crippen molar-refractivity contribution >= 4 is 21.0 Å². The molecule has 0 aliphatic carbocycles. The predicted molar refractivity (Wildman–Crippen MR) is 84.0 cm³/mol. The van der Waals surface area contributed by atoms with Crippen LogP contribution >= 0.6 is 0 Å². The van der Waals surface area contributed by atoms with Gasteiger partial charge in [-0.3, -0.25) is 0 Å². The van der Waals surface area contributed by atoms with Gasteiger partial charge in [-0.15, -0.1) is 0 Å². The number of benzene rings is 2. The molecule has 108 valence electrons. The van der Waals surface area contributed by atoms with Crippen molar-refractivity contribution in [2.45, 2.75) is 4.90 Å². The Morgan fingerprint density at radius 2 is 1.24 bits per heavy atom. The largest absolute Gasteiger partial charge is 0.224 e. The molecule has 2 nitrogen and oxygen atoms in total. The van der Waals surface area contributed by atoms with Crippen LogP contribution in [0.15, 0.2) is 66.6 Å². The van der Waals surface area contributed by atoms with Crippen molar-refractivity contribution in [3.8, 4) is 0 Å². The molecule has 2 aromatic carbocycles. The van der Waals surface area contributed by atoms with Gasteiger partial charge in [-0.05, 0) is 46.5 Å². The molecule has 21 heavy (non-hydrogen) atoms. The Balaban J connectivity index is 2.28. The van der Waals surface area contributed by atoms with E-state index in [1.54, 1.807) is 24.3 Å². The molecule has 0 unspecified atom stereocenters. The lowest BCUT2D eigenvalue weighted by molar-refractivity contribution is 0.602. The Labute approximate surface area is 124 Å². The van der Waals surface area contributed by atoms with Gasteiger partial charge in [0.05, 0.1) is 4.90 Å². The number of hydrogen-bond acceptors (Lipinski definition) is 2. The van der Waals surface area contributed by atoms with E-state index in [0.29, 0.717) is 11.1 Å². The Morgan fingerprint density at radius 3 is 1.62 bits per heavy atom. The van der Waals surface area contributed by atoms with E-state index in [9.17, 15) is 12.8 Å². The van der Waals surface area contributed by atoms with E-state index >= 15 is 0 Å². The van der Waals surface area contributed by atoms with Crippen LogP contribution in [-0.2, 0) is 9.84 Å². The molecular formula is C17H15FO2S. The van der Waals surface area contributed by atoms with Gasteiger partial charge in [-0.25, -0.2) is 12.8 Å². The van der Waals surface area contributed by atoms with Crippen molar-refractivity contribution in [2.24, 2.45) is 0 Å². The Bertz CT molecular complexity index is 786. The van der Waals surface area contributed by atoms with Gasteiger partial charge in [-0.2, -0.15) is 0 Å². The molecule has 2 aromatic rings. The highest BCUT2D eigenvalue weighted by Gasteiger charge is 2.09. The second-order valence-corrected chi connectivity index (χ2v) is 6.78. The normalized spacial score (nSPS) is 11.1. The molecule has 0 aliphatic heterocycles. The Morgan fingerprint density at radius 1 is 0.857 bits per heavy atom. The van der Waals surface area contributed by atoms with Crippen molar-refractivity contribution < 1.29 is 12.8 Å². The number of halogens is 1. The number of rotatable bonds is 4. The summed E-state index contributed by atoms with van der Waals surface area (Å²) in [6.45, 7) is 7.93. The zero-order valence-electron chi connectivity index (χ0n) is 11.6. The average Bonchev–Trinajstić information content (AvgIpc) is 2.46. The first-order chi connectivity index (χ1) is 9.79. The van der Waals surface area contributed by atoms with E-state index in [0.717, 1.165) is 17.4 Å². The zero-order chi connectivity index (χ0) is 15.6. The van der Waals surface area contributed by atoms with Crippen molar-refractivity contribution in [3.05, 3.63) is 78.6 Å². The summed E-state index contributed by atoms with van der Waals surface area (Å²) in [5, 5.41) is 0. The summed E-state index contributed by atoms with van der Waals surface area (Å²) in [5.41, 5.74) is 2.88. The molecule has 0 aliphatic rings. The van der Waals surface area contributed by atoms with Crippen molar-refractivity contribution in [2.75, 3.05) is 6.26 Å². The molecule has 0 spiro atoms. The zero-order valence-corrected chi connectivity index (χ0v) is 12.5. The van der Waals surface area contributed by atoms with Crippen LogP contribution in [0.4, 0.5) is 4.39 Å². The summed E-state index contributed by atoms with van der Waals surface area (Å²) in [5.74, 6) is -0.310. The fourth-order valence-electron chi connectivity index (χ4n) is 1.90. The van der Waals surface area contributed by atoms with Gasteiger partial charge in [0.1, 0.15) is 5.82 Å². The molecule has 0 radical (unpaired) electrons. The van der Waals surface area contributed by atoms with E-state index in [4.69, 9.17) is 0 Å². The van der Waals surface area contributed by atoms with Crippen LogP contribution in [0, 0.1) is 5.82 Å². The van der Waals surface area contributed by atoms with E-state index in [1.165, 1.54) is 24.3 Å². The lowest BCUT2D eigenvalue weighted by atomic mass is 9.95.